The molecule has 2 heterocycles. The van der Waals surface area contributed by atoms with E-state index in [-0.39, 0.29) is 0 Å². The van der Waals surface area contributed by atoms with Crippen molar-refractivity contribution in [2.24, 2.45) is 0 Å². The van der Waals surface area contributed by atoms with E-state index in [0.29, 0.717) is 0 Å². The Balaban J connectivity index is 1.10. The lowest BCUT2D eigenvalue weighted by atomic mass is 9.95. The molecule has 3 heteroatoms. The number of nitrogens with zero attached hydrogens (tertiary/aromatic N) is 2. The van der Waals surface area contributed by atoms with E-state index in [4.69, 9.17) is 4.42 Å². The lowest BCUT2D eigenvalue weighted by Gasteiger charge is -2.29. The number of aromatic nitrogens is 1. The molecule has 13 rings (SSSR count). The van der Waals surface area contributed by atoms with E-state index in [1.807, 2.05) is 12.1 Å². The number of anilines is 3. The van der Waals surface area contributed by atoms with Gasteiger partial charge in [0.25, 0.3) is 0 Å². The van der Waals surface area contributed by atoms with Crippen molar-refractivity contribution < 1.29 is 4.42 Å². The van der Waals surface area contributed by atoms with Crippen LogP contribution in [0.15, 0.2) is 229 Å². The summed E-state index contributed by atoms with van der Waals surface area (Å²) in [6.45, 7) is 2.24. The number of fused-ring (bicyclic) bond motifs is 10. The molecule has 0 saturated heterocycles. The molecule has 0 radical (unpaired) electrons. The van der Waals surface area contributed by atoms with Crippen molar-refractivity contribution in [3.8, 4) is 27.9 Å². The van der Waals surface area contributed by atoms with E-state index < -0.39 is 0 Å². The summed E-state index contributed by atoms with van der Waals surface area (Å²) >= 11 is 0. The van der Waals surface area contributed by atoms with Gasteiger partial charge in [-0.25, -0.2) is 0 Å². The van der Waals surface area contributed by atoms with Gasteiger partial charge in [-0.05, 0) is 111 Å². The highest BCUT2D eigenvalue weighted by Crippen LogP contribution is 2.49. The van der Waals surface area contributed by atoms with Gasteiger partial charge >= 0.3 is 0 Å². The fourth-order valence-corrected chi connectivity index (χ4v) is 10.4. The minimum Gasteiger partial charge on any atom is -0.456 e. The molecule has 300 valence electrons. The van der Waals surface area contributed by atoms with E-state index in [2.05, 4.69) is 229 Å². The average molecular weight is 817 g/mol. The van der Waals surface area contributed by atoms with Crippen LogP contribution >= 0.6 is 0 Å². The van der Waals surface area contributed by atoms with E-state index in [9.17, 15) is 0 Å². The van der Waals surface area contributed by atoms with E-state index in [1.165, 1.54) is 71.0 Å². The first kappa shape index (κ1) is 36.3. The summed E-state index contributed by atoms with van der Waals surface area (Å²) in [5.41, 5.74) is 14.5. The molecule has 13 aromatic rings. The van der Waals surface area contributed by atoms with Gasteiger partial charge in [-0.3, -0.25) is 0 Å². The maximum Gasteiger partial charge on any atom is 0.135 e. The first-order valence-corrected chi connectivity index (χ1v) is 22.0. The van der Waals surface area contributed by atoms with Crippen LogP contribution in [0, 0.1) is 6.92 Å². The zero-order chi connectivity index (χ0) is 42.3. The molecule has 0 aliphatic rings. The van der Waals surface area contributed by atoms with Crippen LogP contribution in [-0.2, 0) is 0 Å². The molecular weight excluding hydrogens is 777 g/mol. The molecule has 0 atom stereocenters. The highest BCUT2D eigenvalue weighted by molar-refractivity contribution is 6.18. The Labute approximate surface area is 370 Å². The minimum absolute atomic E-state index is 0.895. The Bertz CT molecular complexity index is 3990. The summed E-state index contributed by atoms with van der Waals surface area (Å²) in [6, 6.07) is 81.8. The summed E-state index contributed by atoms with van der Waals surface area (Å²) in [6.07, 6.45) is 0. The summed E-state index contributed by atoms with van der Waals surface area (Å²) in [4.78, 5) is 2.50. The maximum atomic E-state index is 6.28. The largest absolute Gasteiger partial charge is 0.456 e. The van der Waals surface area contributed by atoms with Crippen LogP contribution < -0.4 is 4.90 Å². The fourth-order valence-electron chi connectivity index (χ4n) is 10.4. The third-order valence-electron chi connectivity index (χ3n) is 13.3. The van der Waals surface area contributed by atoms with Crippen LogP contribution in [-0.4, -0.2) is 4.57 Å². The Morgan fingerprint density at radius 1 is 0.375 bits per heavy atom. The summed E-state index contributed by atoms with van der Waals surface area (Å²) in [7, 11) is 0. The molecule has 0 aliphatic heterocycles. The smallest absolute Gasteiger partial charge is 0.135 e. The average Bonchev–Trinajstić information content (AvgIpc) is 3.89. The monoisotopic (exact) mass is 816 g/mol. The molecule has 0 saturated carbocycles. The molecule has 2 aromatic heterocycles. The lowest BCUT2D eigenvalue weighted by Crippen LogP contribution is -2.12. The molecular formula is C61H40N2O. The van der Waals surface area contributed by atoms with Crippen LogP contribution in [0.25, 0.3) is 104 Å². The molecule has 0 amide bonds. The molecule has 11 aromatic carbocycles. The standard InChI is InChI=1S/C61H40N2O/c1-39-15-12-24-48(43-33-36-59-53(38-43)51-22-8-11-30-58(51)64-59)61(39)63-55-27-10-7-23-52(55)60-56(28-14-29-57(60)63)62(44-34-35-47-42(37-44)32-31-41-17-3-4-19-45(41)47)54-26-9-6-21-50(54)49-25-13-18-40-16-2-5-20-46(40)49/h2-38H,1H3. The Morgan fingerprint density at radius 3 is 1.89 bits per heavy atom. The van der Waals surface area contributed by atoms with Crippen molar-refractivity contribution in [2.45, 2.75) is 6.92 Å². The van der Waals surface area contributed by atoms with Crippen LogP contribution in [0.5, 0.6) is 0 Å². The second kappa shape index (κ2) is 14.3. The topological polar surface area (TPSA) is 21.3 Å². The van der Waals surface area contributed by atoms with E-state index in [0.717, 1.165) is 55.6 Å². The van der Waals surface area contributed by atoms with Crippen molar-refractivity contribution >= 4 is 93.1 Å². The van der Waals surface area contributed by atoms with Gasteiger partial charge in [-0.2, -0.15) is 0 Å². The first-order chi connectivity index (χ1) is 31.7. The molecule has 3 nitrogen and oxygen atoms in total. The molecule has 0 bridgehead atoms. The summed E-state index contributed by atoms with van der Waals surface area (Å²) in [5, 5.41) is 12.0. The Hall–Kier alpha value is -8.40. The number of hydrogen-bond acceptors (Lipinski definition) is 2. The van der Waals surface area contributed by atoms with Gasteiger partial charge in [0.05, 0.1) is 28.1 Å². The third kappa shape index (κ3) is 5.54. The Kier molecular flexibility index (Phi) is 8.13. The van der Waals surface area contributed by atoms with Crippen molar-refractivity contribution in [1.29, 1.82) is 0 Å². The third-order valence-corrected chi connectivity index (χ3v) is 13.3. The van der Waals surface area contributed by atoms with Gasteiger partial charge in [0, 0.05) is 38.4 Å². The van der Waals surface area contributed by atoms with Gasteiger partial charge in [0.15, 0.2) is 0 Å². The molecule has 64 heavy (non-hydrogen) atoms. The van der Waals surface area contributed by atoms with Gasteiger partial charge in [0.1, 0.15) is 11.2 Å². The molecule has 0 unspecified atom stereocenters. The van der Waals surface area contributed by atoms with Gasteiger partial charge < -0.3 is 13.9 Å². The van der Waals surface area contributed by atoms with Gasteiger partial charge in [-0.1, -0.05) is 170 Å². The number of aryl methyl sites for hydroxylation is 1. The first-order valence-electron chi connectivity index (χ1n) is 22.0. The predicted molar refractivity (Wildman–Crippen MR) is 271 cm³/mol. The van der Waals surface area contributed by atoms with Crippen LogP contribution in [0.1, 0.15) is 5.56 Å². The Morgan fingerprint density at radius 2 is 0.984 bits per heavy atom. The number of benzene rings is 11. The van der Waals surface area contributed by atoms with Crippen molar-refractivity contribution in [3.63, 3.8) is 0 Å². The zero-order valence-electron chi connectivity index (χ0n) is 35.2. The van der Waals surface area contributed by atoms with Gasteiger partial charge in [-0.15, -0.1) is 0 Å². The predicted octanol–water partition coefficient (Wildman–Crippen LogP) is 17.3. The fraction of sp³-hybridized carbons (Fsp3) is 0.0164. The zero-order valence-corrected chi connectivity index (χ0v) is 35.2. The summed E-state index contributed by atoms with van der Waals surface area (Å²) < 4.78 is 8.78. The van der Waals surface area contributed by atoms with Crippen molar-refractivity contribution in [1.82, 2.24) is 4.57 Å². The van der Waals surface area contributed by atoms with Crippen LogP contribution in [0.2, 0.25) is 0 Å². The number of rotatable bonds is 6. The van der Waals surface area contributed by atoms with E-state index in [1.54, 1.807) is 0 Å². The molecule has 0 fully saturated rings. The van der Waals surface area contributed by atoms with Crippen molar-refractivity contribution in [3.05, 3.63) is 230 Å². The lowest BCUT2D eigenvalue weighted by molar-refractivity contribution is 0.669. The summed E-state index contributed by atoms with van der Waals surface area (Å²) in [5.74, 6) is 0. The second-order valence-corrected chi connectivity index (χ2v) is 16.9. The molecule has 0 N–H and O–H groups in total. The SMILES string of the molecule is Cc1cccc(-c2ccc3oc4ccccc4c3c2)c1-n1c2ccccc2c2c(N(c3ccc4c(ccc5ccccc54)c3)c3ccccc3-c3cccc4ccccc34)cccc21. The number of furan rings is 1. The van der Waals surface area contributed by atoms with Crippen LogP contribution in [0.3, 0.4) is 0 Å². The normalized spacial score (nSPS) is 11.8. The van der Waals surface area contributed by atoms with Gasteiger partial charge in [0.2, 0.25) is 0 Å². The minimum atomic E-state index is 0.895. The highest BCUT2D eigenvalue weighted by atomic mass is 16.3. The second-order valence-electron chi connectivity index (χ2n) is 16.9. The highest BCUT2D eigenvalue weighted by Gasteiger charge is 2.25. The molecule has 0 aliphatic carbocycles. The number of para-hydroxylation sites is 4. The van der Waals surface area contributed by atoms with E-state index >= 15 is 0 Å². The maximum absolute atomic E-state index is 6.28. The molecule has 0 spiro atoms. The quantitative estimate of drug-likeness (QED) is 0.156. The van der Waals surface area contributed by atoms with Crippen molar-refractivity contribution in [2.75, 3.05) is 4.90 Å². The number of hydrogen-bond donors (Lipinski definition) is 0. The van der Waals surface area contributed by atoms with Crippen LogP contribution in [0.4, 0.5) is 17.1 Å².